The molecule has 0 spiro atoms. The predicted octanol–water partition coefficient (Wildman–Crippen LogP) is 4.20. The SMILES string of the molecule is COc1ccc2[nH]c(C(=O)O)c(-c3ccc(Cl)cc3)c2c1. The van der Waals surface area contributed by atoms with E-state index in [1.54, 1.807) is 43.5 Å². The Balaban J connectivity index is 2.33. The van der Waals surface area contributed by atoms with Gasteiger partial charge in [0, 0.05) is 21.5 Å². The van der Waals surface area contributed by atoms with Crippen molar-refractivity contribution in [3.8, 4) is 16.9 Å². The van der Waals surface area contributed by atoms with Gasteiger partial charge in [-0.1, -0.05) is 23.7 Å². The molecule has 0 saturated heterocycles. The highest BCUT2D eigenvalue weighted by atomic mass is 35.5. The van der Waals surface area contributed by atoms with Crippen LogP contribution in [0.3, 0.4) is 0 Å². The molecule has 0 amide bonds. The molecule has 21 heavy (non-hydrogen) atoms. The van der Waals surface area contributed by atoms with Gasteiger partial charge in [-0.05, 0) is 35.9 Å². The average Bonchev–Trinajstić information content (AvgIpc) is 2.86. The fourth-order valence-electron chi connectivity index (χ4n) is 2.37. The summed E-state index contributed by atoms with van der Waals surface area (Å²) in [6.07, 6.45) is 0. The van der Waals surface area contributed by atoms with Crippen LogP contribution in [0.5, 0.6) is 5.75 Å². The highest BCUT2D eigenvalue weighted by Gasteiger charge is 2.19. The molecule has 0 radical (unpaired) electrons. The minimum Gasteiger partial charge on any atom is -0.497 e. The first kappa shape index (κ1) is 13.5. The molecule has 3 aromatic rings. The van der Waals surface area contributed by atoms with Gasteiger partial charge in [-0.15, -0.1) is 0 Å². The zero-order valence-corrected chi connectivity index (χ0v) is 11.9. The van der Waals surface area contributed by atoms with Crippen molar-refractivity contribution in [2.45, 2.75) is 0 Å². The van der Waals surface area contributed by atoms with Gasteiger partial charge >= 0.3 is 5.97 Å². The lowest BCUT2D eigenvalue weighted by Gasteiger charge is -2.04. The zero-order valence-electron chi connectivity index (χ0n) is 11.2. The van der Waals surface area contributed by atoms with Gasteiger partial charge in [0.25, 0.3) is 0 Å². The van der Waals surface area contributed by atoms with Crippen molar-refractivity contribution in [3.05, 3.63) is 53.2 Å². The lowest BCUT2D eigenvalue weighted by molar-refractivity contribution is 0.0692. The van der Waals surface area contributed by atoms with Crippen molar-refractivity contribution in [1.82, 2.24) is 4.98 Å². The molecule has 0 aliphatic heterocycles. The molecular weight excluding hydrogens is 290 g/mol. The smallest absolute Gasteiger partial charge is 0.352 e. The summed E-state index contributed by atoms with van der Waals surface area (Å²) in [5.41, 5.74) is 2.32. The Hall–Kier alpha value is -2.46. The molecule has 5 heteroatoms. The molecule has 0 unspecified atom stereocenters. The van der Waals surface area contributed by atoms with Gasteiger partial charge in [0.2, 0.25) is 0 Å². The van der Waals surface area contributed by atoms with E-state index in [9.17, 15) is 9.90 Å². The molecule has 0 fully saturated rings. The molecule has 1 aromatic heterocycles. The first-order valence-electron chi connectivity index (χ1n) is 6.29. The maximum atomic E-state index is 11.5. The van der Waals surface area contributed by atoms with E-state index >= 15 is 0 Å². The number of rotatable bonds is 3. The van der Waals surface area contributed by atoms with E-state index in [4.69, 9.17) is 16.3 Å². The number of ether oxygens (including phenoxy) is 1. The van der Waals surface area contributed by atoms with Gasteiger partial charge in [0.15, 0.2) is 0 Å². The molecule has 2 N–H and O–H groups in total. The number of carbonyl (C=O) groups is 1. The summed E-state index contributed by atoms with van der Waals surface area (Å²) in [7, 11) is 1.58. The van der Waals surface area contributed by atoms with Crippen LogP contribution in [0, 0.1) is 0 Å². The molecule has 0 aliphatic carbocycles. The summed E-state index contributed by atoms with van der Waals surface area (Å²) in [6.45, 7) is 0. The summed E-state index contributed by atoms with van der Waals surface area (Å²) < 4.78 is 5.22. The molecular formula is C16H12ClNO3. The highest BCUT2D eigenvalue weighted by Crippen LogP contribution is 2.35. The minimum absolute atomic E-state index is 0.153. The molecule has 106 valence electrons. The topological polar surface area (TPSA) is 62.3 Å². The molecule has 0 saturated carbocycles. The lowest BCUT2D eigenvalue weighted by Crippen LogP contribution is -1.98. The molecule has 2 aromatic carbocycles. The van der Waals surface area contributed by atoms with Crippen molar-refractivity contribution >= 4 is 28.5 Å². The van der Waals surface area contributed by atoms with Crippen LogP contribution >= 0.6 is 11.6 Å². The van der Waals surface area contributed by atoms with Gasteiger partial charge in [0.1, 0.15) is 11.4 Å². The number of halogens is 1. The quantitative estimate of drug-likeness (QED) is 0.762. The zero-order chi connectivity index (χ0) is 15.0. The second-order valence-electron chi connectivity index (χ2n) is 4.60. The number of aromatic nitrogens is 1. The number of fused-ring (bicyclic) bond motifs is 1. The molecule has 3 rings (SSSR count). The molecule has 1 heterocycles. The molecule has 0 aliphatic rings. The van der Waals surface area contributed by atoms with Crippen molar-refractivity contribution in [2.24, 2.45) is 0 Å². The van der Waals surface area contributed by atoms with Gasteiger partial charge < -0.3 is 14.8 Å². The average molecular weight is 302 g/mol. The Morgan fingerprint density at radius 2 is 1.90 bits per heavy atom. The number of benzene rings is 2. The number of aromatic amines is 1. The number of methoxy groups -OCH3 is 1. The first-order valence-corrected chi connectivity index (χ1v) is 6.67. The van der Waals surface area contributed by atoms with Crippen LogP contribution < -0.4 is 4.74 Å². The minimum atomic E-state index is -1.00. The van der Waals surface area contributed by atoms with Crippen LogP contribution in [0.2, 0.25) is 5.02 Å². The summed E-state index contributed by atoms with van der Waals surface area (Å²) in [5, 5.41) is 10.8. The number of hydrogen-bond donors (Lipinski definition) is 2. The summed E-state index contributed by atoms with van der Waals surface area (Å²) in [4.78, 5) is 14.4. The number of carboxylic acid groups (broad SMARTS) is 1. The number of hydrogen-bond acceptors (Lipinski definition) is 2. The summed E-state index contributed by atoms with van der Waals surface area (Å²) >= 11 is 5.90. The molecule has 0 atom stereocenters. The van der Waals surface area contributed by atoms with Crippen molar-refractivity contribution in [2.75, 3.05) is 7.11 Å². The van der Waals surface area contributed by atoms with E-state index in [2.05, 4.69) is 4.98 Å². The predicted molar refractivity (Wildman–Crippen MR) is 82.3 cm³/mol. The van der Waals surface area contributed by atoms with Crippen molar-refractivity contribution in [1.29, 1.82) is 0 Å². The Kier molecular flexibility index (Phi) is 3.31. The number of nitrogens with one attached hydrogen (secondary N) is 1. The standard InChI is InChI=1S/C16H12ClNO3/c1-21-11-6-7-13-12(8-11)14(15(18-13)16(19)20)9-2-4-10(17)5-3-9/h2-8,18H,1H3,(H,19,20). The summed E-state index contributed by atoms with van der Waals surface area (Å²) in [6, 6.07) is 12.5. The third-order valence-electron chi connectivity index (χ3n) is 3.35. The highest BCUT2D eigenvalue weighted by molar-refractivity contribution is 6.30. The van der Waals surface area contributed by atoms with E-state index < -0.39 is 5.97 Å². The number of carboxylic acids is 1. The van der Waals surface area contributed by atoms with Crippen LogP contribution in [-0.4, -0.2) is 23.2 Å². The maximum Gasteiger partial charge on any atom is 0.352 e. The van der Waals surface area contributed by atoms with Crippen molar-refractivity contribution in [3.63, 3.8) is 0 Å². The van der Waals surface area contributed by atoms with E-state index in [1.807, 2.05) is 6.07 Å². The maximum absolute atomic E-state index is 11.5. The largest absolute Gasteiger partial charge is 0.497 e. The third kappa shape index (κ3) is 2.34. The second kappa shape index (κ2) is 5.14. The van der Waals surface area contributed by atoms with E-state index in [0.717, 1.165) is 16.5 Å². The summed E-state index contributed by atoms with van der Waals surface area (Å²) in [5.74, 6) is -0.330. The van der Waals surface area contributed by atoms with Gasteiger partial charge in [-0.25, -0.2) is 4.79 Å². The van der Waals surface area contributed by atoms with E-state index in [0.29, 0.717) is 16.3 Å². The fourth-order valence-corrected chi connectivity index (χ4v) is 2.50. The Morgan fingerprint density at radius 1 is 1.19 bits per heavy atom. The Morgan fingerprint density at radius 3 is 2.52 bits per heavy atom. The third-order valence-corrected chi connectivity index (χ3v) is 3.60. The molecule has 0 bridgehead atoms. The van der Waals surface area contributed by atoms with Crippen LogP contribution in [0.1, 0.15) is 10.5 Å². The van der Waals surface area contributed by atoms with Crippen LogP contribution in [-0.2, 0) is 0 Å². The Bertz CT molecular complexity index is 821. The number of aromatic carboxylic acids is 1. The fraction of sp³-hybridized carbons (Fsp3) is 0.0625. The van der Waals surface area contributed by atoms with Crippen LogP contribution in [0.15, 0.2) is 42.5 Å². The first-order chi connectivity index (χ1) is 10.1. The van der Waals surface area contributed by atoms with Gasteiger partial charge in [0.05, 0.1) is 7.11 Å². The second-order valence-corrected chi connectivity index (χ2v) is 5.03. The normalized spacial score (nSPS) is 10.8. The number of H-pyrrole nitrogens is 1. The Labute approximate surface area is 125 Å². The lowest BCUT2D eigenvalue weighted by atomic mass is 10.0. The monoisotopic (exact) mass is 301 g/mol. The van der Waals surface area contributed by atoms with Crippen LogP contribution in [0.4, 0.5) is 0 Å². The van der Waals surface area contributed by atoms with Gasteiger partial charge in [-0.2, -0.15) is 0 Å². The molecule has 4 nitrogen and oxygen atoms in total. The van der Waals surface area contributed by atoms with E-state index in [-0.39, 0.29) is 5.69 Å². The van der Waals surface area contributed by atoms with Crippen molar-refractivity contribution < 1.29 is 14.6 Å². The van der Waals surface area contributed by atoms with E-state index in [1.165, 1.54) is 0 Å². The van der Waals surface area contributed by atoms with Gasteiger partial charge in [-0.3, -0.25) is 0 Å². The van der Waals surface area contributed by atoms with Crippen LogP contribution in [0.25, 0.3) is 22.0 Å².